The lowest BCUT2D eigenvalue weighted by Gasteiger charge is -2.39. The van der Waals surface area contributed by atoms with Crippen LogP contribution < -0.4 is 5.32 Å². The maximum Gasteiger partial charge on any atom is 0.330 e. The monoisotopic (exact) mass is 265 g/mol. The van der Waals surface area contributed by atoms with Crippen LogP contribution in [0.1, 0.15) is 25.3 Å². The normalized spacial score (nSPS) is 27.8. The van der Waals surface area contributed by atoms with Crippen molar-refractivity contribution in [2.75, 3.05) is 11.1 Å². The predicted octanol–water partition coefficient (Wildman–Crippen LogP) is 3.15. The van der Waals surface area contributed by atoms with Gasteiger partial charge in [0.1, 0.15) is 5.54 Å². The van der Waals surface area contributed by atoms with Crippen LogP contribution in [0.15, 0.2) is 24.3 Å². The van der Waals surface area contributed by atoms with Crippen molar-refractivity contribution in [3.63, 3.8) is 0 Å². The molecule has 0 bridgehead atoms. The minimum atomic E-state index is -0.837. The van der Waals surface area contributed by atoms with E-state index in [1.54, 1.807) is 11.8 Å². The van der Waals surface area contributed by atoms with Gasteiger partial charge in [0, 0.05) is 10.9 Å². The van der Waals surface area contributed by atoms with E-state index in [1.165, 1.54) is 0 Å². The molecular weight excluding hydrogens is 246 g/mol. The van der Waals surface area contributed by atoms with Crippen LogP contribution in [0.25, 0.3) is 0 Å². The van der Waals surface area contributed by atoms with Crippen molar-refractivity contribution in [3.05, 3.63) is 29.8 Å². The summed E-state index contributed by atoms with van der Waals surface area (Å²) >= 11 is 1.73. The Hall–Kier alpha value is -1.16. The Balaban J connectivity index is 2.28. The number of carboxylic acid groups (broad SMARTS) is 1. The first kappa shape index (κ1) is 13.3. The van der Waals surface area contributed by atoms with Crippen LogP contribution in [0.4, 0.5) is 5.69 Å². The largest absolute Gasteiger partial charge is 0.479 e. The van der Waals surface area contributed by atoms with Gasteiger partial charge < -0.3 is 10.4 Å². The molecule has 4 heteroatoms. The minimum Gasteiger partial charge on any atom is -0.479 e. The van der Waals surface area contributed by atoms with Crippen molar-refractivity contribution in [2.24, 2.45) is 0 Å². The highest BCUT2D eigenvalue weighted by Crippen LogP contribution is 2.37. The lowest BCUT2D eigenvalue weighted by atomic mass is 9.89. The zero-order chi connectivity index (χ0) is 13.2. The van der Waals surface area contributed by atoms with Gasteiger partial charge in [-0.15, -0.1) is 0 Å². The molecule has 98 valence electrons. The lowest BCUT2D eigenvalue weighted by Crippen LogP contribution is -2.55. The Morgan fingerprint density at radius 1 is 1.56 bits per heavy atom. The van der Waals surface area contributed by atoms with Crippen LogP contribution >= 0.6 is 11.8 Å². The van der Waals surface area contributed by atoms with Gasteiger partial charge >= 0.3 is 5.97 Å². The molecular formula is C14H19NO2S. The molecule has 2 unspecified atom stereocenters. The molecule has 1 aromatic carbocycles. The molecule has 0 radical (unpaired) electrons. The molecule has 18 heavy (non-hydrogen) atoms. The molecule has 1 fully saturated rings. The van der Waals surface area contributed by atoms with Crippen molar-refractivity contribution in [1.29, 1.82) is 0 Å². The van der Waals surface area contributed by atoms with Crippen LogP contribution in [0.3, 0.4) is 0 Å². The zero-order valence-corrected chi connectivity index (χ0v) is 11.6. The Morgan fingerprint density at radius 2 is 2.33 bits per heavy atom. The molecule has 1 heterocycles. The summed E-state index contributed by atoms with van der Waals surface area (Å²) in [5.41, 5.74) is 1.19. The second-order valence-corrected chi connectivity index (χ2v) is 6.34. The fraction of sp³-hybridized carbons (Fsp3) is 0.500. The van der Waals surface area contributed by atoms with Crippen LogP contribution in [-0.2, 0) is 4.79 Å². The van der Waals surface area contributed by atoms with Gasteiger partial charge in [0.15, 0.2) is 0 Å². The van der Waals surface area contributed by atoms with Crippen molar-refractivity contribution in [3.8, 4) is 0 Å². The number of carbonyl (C=O) groups is 1. The van der Waals surface area contributed by atoms with Gasteiger partial charge in [-0.1, -0.05) is 19.1 Å². The molecule has 2 atom stereocenters. The third-order valence-corrected chi connectivity index (χ3v) is 4.97. The molecule has 0 amide bonds. The molecule has 1 aromatic rings. The SMILES string of the molecule is Cc1cccc(NC2(C(=O)O)CCCSC2C)c1. The molecule has 0 spiro atoms. The number of thioether (sulfide) groups is 1. The highest BCUT2D eigenvalue weighted by atomic mass is 32.2. The maximum absolute atomic E-state index is 11.7. The molecule has 1 saturated heterocycles. The third-order valence-electron chi connectivity index (χ3n) is 3.54. The Bertz CT molecular complexity index is 449. The standard InChI is InChI=1S/C14H19NO2S/c1-10-5-3-6-12(9-10)15-14(13(16)17)7-4-8-18-11(14)2/h3,5-6,9,11,15H,4,7-8H2,1-2H3,(H,16,17). The van der Waals surface area contributed by atoms with Crippen LogP contribution in [0.2, 0.25) is 0 Å². The molecule has 1 aliphatic heterocycles. The number of aliphatic carboxylic acids is 1. The minimum absolute atomic E-state index is 0.0734. The van der Waals surface area contributed by atoms with Gasteiger partial charge in [-0.3, -0.25) is 0 Å². The van der Waals surface area contributed by atoms with Gasteiger partial charge in [0.05, 0.1) is 0 Å². The number of hydrogen-bond donors (Lipinski definition) is 2. The summed E-state index contributed by atoms with van der Waals surface area (Å²) < 4.78 is 0. The van der Waals surface area contributed by atoms with E-state index in [1.807, 2.05) is 38.1 Å². The molecule has 2 N–H and O–H groups in total. The highest BCUT2D eigenvalue weighted by Gasteiger charge is 2.45. The quantitative estimate of drug-likeness (QED) is 0.881. The van der Waals surface area contributed by atoms with E-state index in [4.69, 9.17) is 0 Å². The van der Waals surface area contributed by atoms with Crippen LogP contribution in [0, 0.1) is 6.92 Å². The number of benzene rings is 1. The summed E-state index contributed by atoms with van der Waals surface area (Å²) in [7, 11) is 0. The first-order valence-corrected chi connectivity index (χ1v) is 7.29. The summed E-state index contributed by atoms with van der Waals surface area (Å²) in [5, 5.41) is 13.0. The molecule has 1 aliphatic rings. The topological polar surface area (TPSA) is 49.3 Å². The van der Waals surface area contributed by atoms with Crippen LogP contribution in [0.5, 0.6) is 0 Å². The van der Waals surface area contributed by atoms with Crippen molar-refractivity contribution in [1.82, 2.24) is 0 Å². The lowest BCUT2D eigenvalue weighted by molar-refractivity contribution is -0.142. The van der Waals surface area contributed by atoms with Crippen molar-refractivity contribution in [2.45, 2.75) is 37.5 Å². The van der Waals surface area contributed by atoms with E-state index < -0.39 is 11.5 Å². The van der Waals surface area contributed by atoms with Gasteiger partial charge in [-0.25, -0.2) is 4.79 Å². The van der Waals surface area contributed by atoms with E-state index >= 15 is 0 Å². The average molecular weight is 265 g/mol. The Morgan fingerprint density at radius 3 is 2.94 bits per heavy atom. The second kappa shape index (κ2) is 5.22. The van der Waals surface area contributed by atoms with E-state index in [-0.39, 0.29) is 5.25 Å². The maximum atomic E-state index is 11.7. The summed E-state index contributed by atoms with van der Waals surface area (Å²) in [6, 6.07) is 7.89. The van der Waals surface area contributed by atoms with E-state index in [2.05, 4.69) is 5.32 Å². The third kappa shape index (κ3) is 2.48. The first-order valence-electron chi connectivity index (χ1n) is 6.24. The molecule has 0 saturated carbocycles. The van der Waals surface area contributed by atoms with Gasteiger partial charge in [0.25, 0.3) is 0 Å². The van der Waals surface area contributed by atoms with Crippen molar-refractivity contribution >= 4 is 23.4 Å². The molecule has 0 aliphatic carbocycles. The van der Waals surface area contributed by atoms with Gasteiger partial charge in [-0.2, -0.15) is 11.8 Å². The fourth-order valence-corrected chi connectivity index (χ4v) is 3.66. The number of aryl methyl sites for hydroxylation is 1. The first-order chi connectivity index (χ1) is 8.54. The van der Waals surface area contributed by atoms with Gasteiger partial charge in [0.2, 0.25) is 0 Å². The number of nitrogens with one attached hydrogen (secondary N) is 1. The number of rotatable bonds is 3. The van der Waals surface area contributed by atoms with Gasteiger partial charge in [-0.05, 0) is 43.2 Å². The van der Waals surface area contributed by atoms with E-state index in [9.17, 15) is 9.90 Å². The summed E-state index contributed by atoms with van der Waals surface area (Å²) in [6.45, 7) is 4.01. The number of hydrogen-bond acceptors (Lipinski definition) is 3. The Labute approximate surface area is 112 Å². The summed E-state index contributed by atoms with van der Waals surface area (Å²) in [4.78, 5) is 11.7. The predicted molar refractivity (Wildman–Crippen MR) is 76.3 cm³/mol. The second-order valence-electron chi connectivity index (χ2n) is 4.89. The summed E-state index contributed by atoms with van der Waals surface area (Å²) in [5.74, 6) is 0.301. The number of anilines is 1. The molecule has 2 rings (SSSR count). The number of carboxylic acids is 1. The zero-order valence-electron chi connectivity index (χ0n) is 10.8. The summed E-state index contributed by atoms with van der Waals surface area (Å²) in [6.07, 6.45) is 1.63. The average Bonchev–Trinajstić information content (AvgIpc) is 2.32. The molecule has 3 nitrogen and oxygen atoms in total. The van der Waals surface area contributed by atoms with E-state index in [0.717, 1.165) is 23.4 Å². The van der Waals surface area contributed by atoms with E-state index in [0.29, 0.717) is 6.42 Å². The molecule has 0 aromatic heterocycles. The smallest absolute Gasteiger partial charge is 0.330 e. The fourth-order valence-electron chi connectivity index (χ4n) is 2.44. The van der Waals surface area contributed by atoms with Crippen LogP contribution in [-0.4, -0.2) is 27.6 Å². The highest BCUT2D eigenvalue weighted by molar-refractivity contribution is 8.00. The Kier molecular flexibility index (Phi) is 3.85. The van der Waals surface area contributed by atoms with Crippen molar-refractivity contribution < 1.29 is 9.90 Å².